The van der Waals surface area contributed by atoms with E-state index in [2.05, 4.69) is 14.7 Å². The molecule has 19 heavy (non-hydrogen) atoms. The first-order valence-electron chi connectivity index (χ1n) is 5.45. The quantitative estimate of drug-likeness (QED) is 0.864. The molecule has 0 saturated heterocycles. The Kier molecular flexibility index (Phi) is 3.37. The third kappa shape index (κ3) is 2.62. The number of nitrogens with one attached hydrogen (secondary N) is 1. The Morgan fingerprint density at radius 3 is 2.58 bits per heavy atom. The molecule has 0 saturated carbocycles. The van der Waals surface area contributed by atoms with Crippen molar-refractivity contribution in [1.82, 2.24) is 19.3 Å². The Morgan fingerprint density at radius 2 is 2.11 bits per heavy atom. The molecule has 0 fully saturated rings. The standard InChI is InChI=1S/C10H15N5O2S2/c1-10(2,9-12-4-5-18-9)14-19(16,17)8-7(11)13-6-15(8)3/h4-6,14H,11H2,1-3H3. The molecule has 0 bridgehead atoms. The van der Waals surface area contributed by atoms with Gasteiger partial charge in [0.25, 0.3) is 10.0 Å². The number of rotatable bonds is 4. The van der Waals surface area contributed by atoms with Crippen molar-refractivity contribution >= 4 is 27.2 Å². The van der Waals surface area contributed by atoms with E-state index >= 15 is 0 Å². The second kappa shape index (κ2) is 4.58. The highest BCUT2D eigenvalue weighted by Crippen LogP contribution is 2.25. The summed E-state index contributed by atoms with van der Waals surface area (Å²) in [6, 6.07) is 0. The van der Waals surface area contributed by atoms with Crippen molar-refractivity contribution < 1.29 is 8.42 Å². The number of nitrogens with zero attached hydrogens (tertiary/aromatic N) is 3. The number of hydrogen-bond donors (Lipinski definition) is 2. The van der Waals surface area contributed by atoms with Crippen LogP contribution in [0, 0.1) is 0 Å². The van der Waals surface area contributed by atoms with Crippen LogP contribution in [0.2, 0.25) is 0 Å². The van der Waals surface area contributed by atoms with Crippen LogP contribution in [0.3, 0.4) is 0 Å². The highest BCUT2D eigenvalue weighted by molar-refractivity contribution is 7.89. The van der Waals surface area contributed by atoms with Crippen molar-refractivity contribution in [3.05, 3.63) is 22.9 Å². The molecule has 2 aromatic rings. The van der Waals surface area contributed by atoms with E-state index in [9.17, 15) is 8.42 Å². The van der Waals surface area contributed by atoms with Crippen LogP contribution in [0.1, 0.15) is 18.9 Å². The fourth-order valence-electron chi connectivity index (χ4n) is 1.72. The summed E-state index contributed by atoms with van der Waals surface area (Å²) in [7, 11) is -2.19. The maximum absolute atomic E-state index is 12.4. The van der Waals surface area contributed by atoms with Crippen molar-refractivity contribution in [1.29, 1.82) is 0 Å². The lowest BCUT2D eigenvalue weighted by atomic mass is 10.1. The minimum Gasteiger partial charge on any atom is -0.381 e. The molecule has 2 heterocycles. The molecule has 7 nitrogen and oxygen atoms in total. The number of anilines is 1. The van der Waals surface area contributed by atoms with Crippen LogP contribution in [0.25, 0.3) is 0 Å². The molecule has 3 N–H and O–H groups in total. The van der Waals surface area contributed by atoms with Gasteiger partial charge in [0, 0.05) is 18.6 Å². The summed E-state index contributed by atoms with van der Waals surface area (Å²) in [4.78, 5) is 7.92. The molecule has 9 heteroatoms. The van der Waals surface area contributed by atoms with Gasteiger partial charge >= 0.3 is 0 Å². The Balaban J connectivity index is 2.38. The summed E-state index contributed by atoms with van der Waals surface area (Å²) < 4.78 is 28.7. The van der Waals surface area contributed by atoms with E-state index in [-0.39, 0.29) is 10.8 Å². The zero-order valence-electron chi connectivity index (χ0n) is 10.8. The van der Waals surface area contributed by atoms with E-state index in [4.69, 9.17) is 5.73 Å². The lowest BCUT2D eigenvalue weighted by Gasteiger charge is -2.23. The van der Waals surface area contributed by atoms with Crippen molar-refractivity contribution in [2.24, 2.45) is 7.05 Å². The second-order valence-electron chi connectivity index (χ2n) is 4.61. The molecule has 2 aromatic heterocycles. The minimum absolute atomic E-state index is 0.0232. The largest absolute Gasteiger partial charge is 0.381 e. The first-order valence-corrected chi connectivity index (χ1v) is 7.81. The average molecular weight is 301 g/mol. The number of aryl methyl sites for hydroxylation is 1. The zero-order chi connectivity index (χ0) is 14.3. The van der Waals surface area contributed by atoms with Crippen LogP contribution < -0.4 is 10.5 Å². The Labute approximate surface area is 115 Å². The lowest BCUT2D eigenvalue weighted by molar-refractivity contribution is 0.466. The number of hydrogen-bond acceptors (Lipinski definition) is 6. The highest BCUT2D eigenvalue weighted by atomic mass is 32.2. The molecule has 104 valence electrons. The van der Waals surface area contributed by atoms with Gasteiger partial charge in [0.05, 0.1) is 11.9 Å². The average Bonchev–Trinajstić information content (AvgIpc) is 2.86. The number of imidazole rings is 1. The van der Waals surface area contributed by atoms with E-state index in [0.29, 0.717) is 5.01 Å². The predicted molar refractivity (Wildman–Crippen MR) is 73.1 cm³/mol. The topological polar surface area (TPSA) is 103 Å². The minimum atomic E-state index is -3.77. The maximum atomic E-state index is 12.4. The van der Waals surface area contributed by atoms with E-state index in [1.165, 1.54) is 22.2 Å². The van der Waals surface area contributed by atoms with E-state index < -0.39 is 15.6 Å². The molecule has 0 radical (unpaired) electrons. The van der Waals surface area contributed by atoms with Gasteiger partial charge in [0.2, 0.25) is 0 Å². The predicted octanol–water partition coefficient (Wildman–Crippen LogP) is 0.672. The van der Waals surface area contributed by atoms with Crippen molar-refractivity contribution in [2.75, 3.05) is 5.73 Å². The molecule has 0 atom stereocenters. The van der Waals surface area contributed by atoms with Gasteiger partial charge in [-0.2, -0.15) is 4.72 Å². The van der Waals surface area contributed by atoms with Gasteiger partial charge in [-0.1, -0.05) is 0 Å². The van der Waals surface area contributed by atoms with Gasteiger partial charge in [-0.05, 0) is 13.8 Å². The van der Waals surface area contributed by atoms with E-state index in [0.717, 1.165) is 0 Å². The van der Waals surface area contributed by atoms with Crippen molar-refractivity contribution in [2.45, 2.75) is 24.4 Å². The van der Waals surface area contributed by atoms with Gasteiger partial charge in [-0.3, -0.25) is 0 Å². The van der Waals surface area contributed by atoms with Crippen LogP contribution in [0.5, 0.6) is 0 Å². The zero-order valence-corrected chi connectivity index (χ0v) is 12.4. The third-order valence-corrected chi connectivity index (χ3v) is 5.40. The molecule has 0 aliphatic heterocycles. The SMILES string of the molecule is Cn1cnc(N)c1S(=O)(=O)NC(C)(C)c1nccs1. The smallest absolute Gasteiger partial charge is 0.260 e. The molecular formula is C10H15N5O2S2. The normalized spacial score (nSPS) is 12.8. The Bertz CT molecular complexity index is 653. The number of nitrogens with two attached hydrogens (primary N) is 1. The summed E-state index contributed by atoms with van der Waals surface area (Å²) in [6.07, 6.45) is 2.99. The molecule has 2 rings (SSSR count). The van der Waals surface area contributed by atoms with Crippen LogP contribution in [-0.2, 0) is 22.6 Å². The second-order valence-corrected chi connectivity index (χ2v) is 7.11. The van der Waals surface area contributed by atoms with Gasteiger partial charge in [0.15, 0.2) is 10.8 Å². The van der Waals surface area contributed by atoms with E-state index in [1.54, 1.807) is 32.5 Å². The molecule has 0 aliphatic rings. The molecule has 0 amide bonds. The van der Waals surface area contributed by atoms with Crippen LogP contribution >= 0.6 is 11.3 Å². The maximum Gasteiger partial charge on any atom is 0.260 e. The van der Waals surface area contributed by atoms with Crippen LogP contribution in [-0.4, -0.2) is 23.0 Å². The van der Waals surface area contributed by atoms with E-state index in [1.807, 2.05) is 0 Å². The van der Waals surface area contributed by atoms with Gasteiger partial charge < -0.3 is 10.3 Å². The lowest BCUT2D eigenvalue weighted by Crippen LogP contribution is -2.41. The van der Waals surface area contributed by atoms with Gasteiger partial charge in [0.1, 0.15) is 5.01 Å². The summed E-state index contributed by atoms with van der Waals surface area (Å²) in [5.74, 6) is -0.0232. The van der Waals surface area contributed by atoms with Gasteiger partial charge in [-0.15, -0.1) is 11.3 Å². The number of aromatic nitrogens is 3. The molecular weight excluding hydrogens is 286 g/mol. The first kappa shape index (κ1) is 14.0. The van der Waals surface area contributed by atoms with Gasteiger partial charge in [-0.25, -0.2) is 18.4 Å². The summed E-state index contributed by atoms with van der Waals surface area (Å²) in [5, 5.41) is 2.43. The summed E-state index contributed by atoms with van der Waals surface area (Å²) >= 11 is 1.38. The number of thiazole rings is 1. The van der Waals surface area contributed by atoms with Crippen molar-refractivity contribution in [3.63, 3.8) is 0 Å². The molecule has 0 aromatic carbocycles. The molecule has 0 spiro atoms. The third-order valence-electron chi connectivity index (χ3n) is 2.52. The Morgan fingerprint density at radius 1 is 1.42 bits per heavy atom. The fraction of sp³-hybridized carbons (Fsp3) is 0.400. The molecule has 0 unspecified atom stereocenters. The monoisotopic (exact) mass is 301 g/mol. The summed E-state index contributed by atoms with van der Waals surface area (Å²) in [6.45, 7) is 3.49. The molecule has 0 aliphatic carbocycles. The highest BCUT2D eigenvalue weighted by Gasteiger charge is 2.32. The fourth-order valence-corrected chi connectivity index (χ4v) is 4.13. The van der Waals surface area contributed by atoms with Crippen LogP contribution in [0.15, 0.2) is 22.9 Å². The first-order chi connectivity index (χ1) is 8.74. The van der Waals surface area contributed by atoms with Crippen molar-refractivity contribution in [3.8, 4) is 0 Å². The number of sulfonamides is 1. The number of nitrogen functional groups attached to an aromatic ring is 1. The Hall–Kier alpha value is -1.45. The summed E-state index contributed by atoms with van der Waals surface area (Å²) in [5.41, 5.74) is 4.79. The van der Waals surface area contributed by atoms with Crippen LogP contribution in [0.4, 0.5) is 5.82 Å².